The van der Waals surface area contributed by atoms with Gasteiger partial charge in [-0.3, -0.25) is 9.78 Å². The van der Waals surface area contributed by atoms with Crippen LogP contribution in [0.3, 0.4) is 0 Å². The summed E-state index contributed by atoms with van der Waals surface area (Å²) >= 11 is 0. The molecule has 0 radical (unpaired) electrons. The Hall–Kier alpha value is -5.59. The molecule has 244 valence electrons. The highest BCUT2D eigenvalue weighted by Gasteiger charge is 2.37. The van der Waals surface area contributed by atoms with Crippen LogP contribution in [0.15, 0.2) is 73.4 Å². The summed E-state index contributed by atoms with van der Waals surface area (Å²) in [6.07, 6.45) is 4.42. The van der Waals surface area contributed by atoms with Crippen LogP contribution in [0.1, 0.15) is 47.2 Å². The second-order valence-electron chi connectivity index (χ2n) is 12.8. The number of anilines is 1. The van der Waals surface area contributed by atoms with Gasteiger partial charge in [0.25, 0.3) is 5.91 Å². The molecule has 0 spiro atoms. The lowest BCUT2D eigenvalue weighted by atomic mass is 10.00. The highest BCUT2D eigenvalue weighted by Crippen LogP contribution is 2.38. The third-order valence-corrected chi connectivity index (χ3v) is 6.73. The lowest BCUT2D eigenvalue weighted by Gasteiger charge is -2.29. The molecule has 0 aliphatic heterocycles. The van der Waals surface area contributed by atoms with Crippen molar-refractivity contribution >= 4 is 34.9 Å². The predicted molar refractivity (Wildman–Crippen MR) is 174 cm³/mol. The topological polar surface area (TPSA) is 155 Å². The van der Waals surface area contributed by atoms with E-state index in [2.05, 4.69) is 25.3 Å². The van der Waals surface area contributed by atoms with Crippen molar-refractivity contribution in [2.45, 2.75) is 65.2 Å². The molecule has 0 saturated heterocycles. The van der Waals surface area contributed by atoms with Crippen LogP contribution in [0.5, 0.6) is 0 Å². The molecule has 13 heteroatoms. The Morgan fingerprint density at radius 3 is 2.21 bits per heavy atom. The molecule has 3 N–H and O–H groups in total. The van der Waals surface area contributed by atoms with Gasteiger partial charge in [0.05, 0.1) is 17.7 Å². The van der Waals surface area contributed by atoms with Crippen molar-refractivity contribution in [3.05, 3.63) is 85.0 Å². The van der Waals surface area contributed by atoms with Gasteiger partial charge >= 0.3 is 12.2 Å². The minimum absolute atomic E-state index is 0.0528. The van der Waals surface area contributed by atoms with E-state index < -0.39 is 35.3 Å². The van der Waals surface area contributed by atoms with Crippen LogP contribution in [0.2, 0.25) is 0 Å². The molecule has 0 bridgehead atoms. The fraction of sp³-hybridized carbons (Fsp3) is 0.294. The third kappa shape index (κ3) is 7.98. The van der Waals surface area contributed by atoms with Crippen molar-refractivity contribution in [3.8, 4) is 22.4 Å². The molecule has 0 unspecified atom stereocenters. The van der Waals surface area contributed by atoms with Gasteiger partial charge in [0, 0.05) is 36.0 Å². The summed E-state index contributed by atoms with van der Waals surface area (Å²) in [5.74, 6) is -1.26. The average molecular weight is 642 g/mol. The largest absolute Gasteiger partial charge is 0.444 e. The van der Waals surface area contributed by atoms with E-state index in [0.717, 1.165) is 16.0 Å². The zero-order chi connectivity index (χ0) is 33.9. The predicted octanol–water partition coefficient (Wildman–Crippen LogP) is 6.56. The molecule has 0 aliphatic rings. The fourth-order valence-corrected chi connectivity index (χ4v) is 4.86. The van der Waals surface area contributed by atoms with Crippen LogP contribution in [0.4, 0.5) is 19.8 Å². The van der Waals surface area contributed by atoms with Crippen molar-refractivity contribution in [1.82, 2.24) is 30.2 Å². The van der Waals surface area contributed by atoms with Gasteiger partial charge in [-0.15, -0.1) is 0 Å². The molecule has 0 aliphatic carbocycles. The first-order valence-electron chi connectivity index (χ1n) is 14.9. The Balaban J connectivity index is 1.62. The zero-order valence-corrected chi connectivity index (χ0v) is 26.9. The quantitative estimate of drug-likeness (QED) is 0.181. The number of H-pyrrole nitrogens is 2. The molecular weight excluding hydrogens is 605 g/mol. The number of hydrogen-bond donors (Lipinski definition) is 3. The molecule has 3 amide bonds. The van der Waals surface area contributed by atoms with Gasteiger partial charge in [0.1, 0.15) is 34.5 Å². The Morgan fingerprint density at radius 1 is 0.915 bits per heavy atom. The number of benzene rings is 1. The molecule has 47 heavy (non-hydrogen) atoms. The second-order valence-corrected chi connectivity index (χ2v) is 12.8. The summed E-state index contributed by atoms with van der Waals surface area (Å²) in [6, 6.07) is 11.6. The normalized spacial score (nSPS) is 12.4. The molecule has 1 aromatic carbocycles. The summed E-state index contributed by atoms with van der Waals surface area (Å²) in [7, 11) is 0. The van der Waals surface area contributed by atoms with E-state index in [4.69, 9.17) is 14.5 Å². The number of aromatic nitrogens is 5. The van der Waals surface area contributed by atoms with Crippen molar-refractivity contribution in [3.63, 3.8) is 0 Å². The van der Waals surface area contributed by atoms with Gasteiger partial charge in [0.15, 0.2) is 0 Å². The molecule has 5 aromatic rings. The Labute approximate surface area is 270 Å². The lowest BCUT2D eigenvalue weighted by Crippen LogP contribution is -2.53. The van der Waals surface area contributed by atoms with Crippen LogP contribution in [0, 0.1) is 5.82 Å². The summed E-state index contributed by atoms with van der Waals surface area (Å²) < 4.78 is 24.9. The van der Waals surface area contributed by atoms with E-state index in [9.17, 15) is 18.8 Å². The first kappa shape index (κ1) is 32.8. The lowest BCUT2D eigenvalue weighted by molar-refractivity contribution is -0.120. The Kier molecular flexibility index (Phi) is 9.09. The maximum absolute atomic E-state index is 14.3. The number of nitrogens with one attached hydrogen (secondary N) is 3. The maximum atomic E-state index is 14.3. The number of hydrogen-bond acceptors (Lipinski definition) is 8. The SMILES string of the molecule is CC(C)(C)OC(=O)N[C@@H](Cc1c[nH]cn1)C(=O)N(C(=O)OC(C)(C)C)c1ccc2c(-c3ccncc3)c(-c3ccc(F)cc3)[nH]c2n1. The zero-order valence-electron chi connectivity index (χ0n) is 26.9. The number of rotatable bonds is 7. The molecule has 5 rings (SSSR count). The minimum Gasteiger partial charge on any atom is -0.444 e. The minimum atomic E-state index is -1.29. The number of carbonyl (C=O) groups is 3. The first-order chi connectivity index (χ1) is 22.2. The second kappa shape index (κ2) is 13.0. The standard InChI is InChI=1S/C34H36FN7O5/c1-33(2,3)46-31(44)39-25(17-23-18-37-19-38-23)30(43)42(32(45)47-34(4,5)6)26-12-11-24-27(20-13-15-36-16-14-20)28(41-29(24)40-26)21-7-9-22(35)10-8-21/h7-16,18-19,25H,17H2,1-6H3,(H,37,38)(H,39,44)(H,40,41)/t25-/m0/s1. The fourth-order valence-electron chi connectivity index (χ4n) is 4.86. The Bertz CT molecular complexity index is 1880. The number of imidazole rings is 1. The number of carbonyl (C=O) groups excluding carboxylic acids is 3. The molecule has 1 atom stereocenters. The van der Waals surface area contributed by atoms with Crippen LogP contribution in [-0.2, 0) is 20.7 Å². The van der Waals surface area contributed by atoms with Crippen molar-refractivity contribution in [1.29, 1.82) is 0 Å². The van der Waals surface area contributed by atoms with Gasteiger partial charge in [-0.25, -0.2) is 23.9 Å². The van der Waals surface area contributed by atoms with Crippen molar-refractivity contribution in [2.24, 2.45) is 0 Å². The number of ether oxygens (including phenoxy) is 2. The molecule has 0 saturated carbocycles. The van der Waals surface area contributed by atoms with E-state index in [1.807, 2.05) is 12.1 Å². The average Bonchev–Trinajstić information content (AvgIpc) is 3.63. The van der Waals surface area contributed by atoms with E-state index in [-0.39, 0.29) is 18.1 Å². The smallest absolute Gasteiger partial charge is 0.423 e. The Morgan fingerprint density at radius 2 is 1.60 bits per heavy atom. The molecule has 4 aromatic heterocycles. The summed E-state index contributed by atoms with van der Waals surface area (Å²) in [5, 5.41) is 3.27. The number of aromatic amines is 2. The molecule has 12 nitrogen and oxygen atoms in total. The molecule has 0 fully saturated rings. The van der Waals surface area contributed by atoms with E-state index in [0.29, 0.717) is 28.0 Å². The number of alkyl carbamates (subject to hydrolysis) is 1. The highest BCUT2D eigenvalue weighted by atomic mass is 19.1. The number of fused-ring (bicyclic) bond motifs is 1. The van der Waals surface area contributed by atoms with Crippen LogP contribution in [-0.4, -0.2) is 60.3 Å². The van der Waals surface area contributed by atoms with Crippen LogP contribution in [0.25, 0.3) is 33.4 Å². The van der Waals surface area contributed by atoms with E-state index >= 15 is 0 Å². The van der Waals surface area contributed by atoms with Gasteiger partial charge in [0.2, 0.25) is 0 Å². The summed E-state index contributed by atoms with van der Waals surface area (Å²) in [5.41, 5.74) is 1.93. The third-order valence-electron chi connectivity index (χ3n) is 6.73. The summed E-state index contributed by atoms with van der Waals surface area (Å²) in [4.78, 5) is 60.8. The van der Waals surface area contributed by atoms with Gasteiger partial charge < -0.3 is 24.8 Å². The molecular formula is C34H36FN7O5. The van der Waals surface area contributed by atoms with Gasteiger partial charge in [-0.05, 0) is 101 Å². The van der Waals surface area contributed by atoms with E-state index in [1.165, 1.54) is 24.5 Å². The molecule has 4 heterocycles. The highest BCUT2D eigenvalue weighted by molar-refractivity contribution is 6.15. The monoisotopic (exact) mass is 641 g/mol. The van der Waals surface area contributed by atoms with Crippen LogP contribution >= 0.6 is 0 Å². The van der Waals surface area contributed by atoms with E-state index in [1.54, 1.807) is 78.3 Å². The first-order valence-corrected chi connectivity index (χ1v) is 14.9. The number of nitrogens with zero attached hydrogens (tertiary/aromatic N) is 4. The number of imide groups is 1. The number of amides is 3. The van der Waals surface area contributed by atoms with Crippen molar-refractivity contribution < 1.29 is 28.2 Å². The number of pyridine rings is 2. The van der Waals surface area contributed by atoms with Gasteiger partial charge in [-0.2, -0.15) is 4.90 Å². The van der Waals surface area contributed by atoms with Gasteiger partial charge in [-0.1, -0.05) is 0 Å². The van der Waals surface area contributed by atoms with Crippen molar-refractivity contribution in [2.75, 3.05) is 4.90 Å². The number of halogens is 1. The summed E-state index contributed by atoms with van der Waals surface area (Å²) in [6.45, 7) is 10.1. The van der Waals surface area contributed by atoms with Crippen LogP contribution < -0.4 is 10.2 Å². The maximum Gasteiger partial charge on any atom is 0.423 e.